The van der Waals surface area contributed by atoms with Gasteiger partial charge in [0.1, 0.15) is 5.56 Å². The van der Waals surface area contributed by atoms with Crippen LogP contribution >= 0.6 is 0 Å². The smallest absolute Gasteiger partial charge is 0.348 e. The third kappa shape index (κ3) is 4.18. The van der Waals surface area contributed by atoms with E-state index in [0.717, 1.165) is 22.3 Å². The number of carbonyl (C=O) groups excluding carboxylic acids is 1. The zero-order valence-corrected chi connectivity index (χ0v) is 16.1. The van der Waals surface area contributed by atoms with Crippen molar-refractivity contribution >= 4 is 16.8 Å². The van der Waals surface area contributed by atoms with Crippen molar-refractivity contribution in [3.8, 4) is 5.69 Å². The van der Waals surface area contributed by atoms with Crippen molar-refractivity contribution in [1.29, 1.82) is 0 Å². The molecule has 2 aromatic heterocycles. The molecule has 0 fully saturated rings. The van der Waals surface area contributed by atoms with Crippen molar-refractivity contribution in [1.82, 2.24) is 14.9 Å². The largest absolute Gasteiger partial charge is 0.416 e. The third-order valence-corrected chi connectivity index (χ3v) is 4.76. The molecule has 0 aliphatic carbocycles. The first-order valence-electron chi connectivity index (χ1n) is 9.34. The highest BCUT2D eigenvalue weighted by atomic mass is 19.4. The van der Waals surface area contributed by atoms with Gasteiger partial charge in [0.25, 0.3) is 11.5 Å². The number of amides is 1. The summed E-state index contributed by atoms with van der Waals surface area (Å²) in [7, 11) is 0. The molecule has 0 bridgehead atoms. The Labute approximate surface area is 174 Å². The molecule has 156 valence electrons. The summed E-state index contributed by atoms with van der Waals surface area (Å²) in [6, 6.07) is 16.1. The zero-order valence-electron chi connectivity index (χ0n) is 16.1. The van der Waals surface area contributed by atoms with Crippen LogP contribution in [0.1, 0.15) is 21.5 Å². The fourth-order valence-corrected chi connectivity index (χ4v) is 3.28. The molecular weight excluding hydrogens is 407 g/mol. The van der Waals surface area contributed by atoms with Gasteiger partial charge in [0, 0.05) is 24.6 Å². The van der Waals surface area contributed by atoms with Crippen molar-refractivity contribution < 1.29 is 18.0 Å². The topological polar surface area (TPSA) is 64.0 Å². The summed E-state index contributed by atoms with van der Waals surface area (Å²) < 4.78 is 40.8. The van der Waals surface area contributed by atoms with Gasteiger partial charge in [-0.05, 0) is 47.3 Å². The normalized spacial score (nSPS) is 11.5. The second-order valence-corrected chi connectivity index (χ2v) is 6.85. The number of pyridine rings is 2. The maximum Gasteiger partial charge on any atom is 0.416 e. The minimum absolute atomic E-state index is 0.0259. The van der Waals surface area contributed by atoms with E-state index in [1.165, 1.54) is 18.2 Å². The molecule has 1 amide bonds. The van der Waals surface area contributed by atoms with Gasteiger partial charge in [0.2, 0.25) is 0 Å². The molecule has 0 saturated carbocycles. The van der Waals surface area contributed by atoms with E-state index in [-0.39, 0.29) is 17.8 Å². The lowest BCUT2D eigenvalue weighted by Gasteiger charge is -2.15. The van der Waals surface area contributed by atoms with Gasteiger partial charge in [-0.25, -0.2) is 0 Å². The van der Waals surface area contributed by atoms with Crippen molar-refractivity contribution in [2.75, 3.05) is 0 Å². The molecule has 5 nitrogen and oxygen atoms in total. The predicted octanol–water partition coefficient (Wildman–Crippen LogP) is 4.33. The van der Waals surface area contributed by atoms with Gasteiger partial charge in [0.05, 0.1) is 11.1 Å². The Hall–Kier alpha value is -3.94. The molecule has 0 spiro atoms. The number of nitrogens with zero attached hydrogens (tertiary/aromatic N) is 2. The monoisotopic (exact) mass is 423 g/mol. The number of benzene rings is 2. The number of halogens is 3. The molecule has 0 aliphatic rings. The van der Waals surface area contributed by atoms with E-state index in [9.17, 15) is 22.8 Å². The summed E-state index contributed by atoms with van der Waals surface area (Å²) in [5, 5.41) is 3.21. The van der Waals surface area contributed by atoms with Gasteiger partial charge in [-0.2, -0.15) is 13.2 Å². The lowest BCUT2D eigenvalue weighted by Crippen LogP contribution is -2.32. The first-order chi connectivity index (χ1) is 14.8. The zero-order chi connectivity index (χ0) is 22.0. The molecule has 2 heterocycles. The van der Waals surface area contributed by atoms with Crippen LogP contribution in [-0.4, -0.2) is 15.5 Å². The average molecular weight is 423 g/mol. The van der Waals surface area contributed by atoms with Crippen LogP contribution in [0.25, 0.3) is 16.6 Å². The summed E-state index contributed by atoms with van der Waals surface area (Å²) in [6.45, 7) is 0.155. The van der Waals surface area contributed by atoms with Gasteiger partial charge in [-0.1, -0.05) is 30.3 Å². The number of aromatic nitrogens is 2. The first kappa shape index (κ1) is 20.3. The highest BCUT2D eigenvalue weighted by Crippen LogP contribution is 2.30. The van der Waals surface area contributed by atoms with Crippen LogP contribution in [0.2, 0.25) is 0 Å². The van der Waals surface area contributed by atoms with Crippen molar-refractivity contribution in [3.63, 3.8) is 0 Å². The summed E-state index contributed by atoms with van der Waals surface area (Å²) in [5.41, 5.74) is -0.586. The first-order valence-corrected chi connectivity index (χ1v) is 9.34. The molecule has 8 heteroatoms. The third-order valence-electron chi connectivity index (χ3n) is 4.76. The van der Waals surface area contributed by atoms with Gasteiger partial charge in [-0.15, -0.1) is 0 Å². The number of alkyl halides is 3. The molecule has 0 saturated heterocycles. The molecule has 4 aromatic rings. The van der Waals surface area contributed by atoms with Crippen LogP contribution in [0.5, 0.6) is 0 Å². The molecule has 0 unspecified atom stereocenters. The fourth-order valence-electron chi connectivity index (χ4n) is 3.28. The fraction of sp³-hybridized carbons (Fsp3) is 0.0870. The summed E-state index contributed by atoms with van der Waals surface area (Å²) >= 11 is 0. The van der Waals surface area contributed by atoms with Crippen LogP contribution in [-0.2, 0) is 12.7 Å². The van der Waals surface area contributed by atoms with Gasteiger partial charge in [-0.3, -0.25) is 19.1 Å². The van der Waals surface area contributed by atoms with Crippen LogP contribution < -0.4 is 10.9 Å². The Balaban J connectivity index is 1.82. The number of para-hydroxylation sites is 1. The maximum absolute atomic E-state index is 13.2. The van der Waals surface area contributed by atoms with Crippen molar-refractivity contribution in [2.24, 2.45) is 0 Å². The second kappa shape index (κ2) is 8.06. The molecule has 0 atom stereocenters. The summed E-state index contributed by atoms with van der Waals surface area (Å²) in [6.07, 6.45) is -1.38. The van der Waals surface area contributed by atoms with Crippen LogP contribution in [0.3, 0.4) is 0 Å². The van der Waals surface area contributed by atoms with E-state index < -0.39 is 23.2 Å². The minimum Gasteiger partial charge on any atom is -0.348 e. The number of rotatable bonds is 4. The Bertz CT molecular complexity index is 1320. The lowest BCUT2D eigenvalue weighted by molar-refractivity contribution is -0.137. The molecule has 0 aliphatic heterocycles. The van der Waals surface area contributed by atoms with E-state index in [1.807, 2.05) is 0 Å². The van der Waals surface area contributed by atoms with E-state index in [4.69, 9.17) is 0 Å². The van der Waals surface area contributed by atoms with Crippen molar-refractivity contribution in [3.05, 3.63) is 106 Å². The maximum atomic E-state index is 13.2. The number of hydrogen-bond donors (Lipinski definition) is 1. The average Bonchev–Trinajstić information content (AvgIpc) is 2.77. The standard InChI is InChI=1S/C23H16F3N3O2/c24-23(25,26)17-7-3-8-18(12-17)29-20-9-2-1-6-16(20)11-19(22(29)31)21(30)28-14-15-5-4-10-27-13-15/h1-13H,14H2,(H,28,30). The van der Waals surface area contributed by atoms with E-state index in [1.54, 1.807) is 48.8 Å². The summed E-state index contributed by atoms with van der Waals surface area (Å²) in [5.74, 6) is -0.625. The molecule has 31 heavy (non-hydrogen) atoms. The Morgan fingerprint density at radius 3 is 2.55 bits per heavy atom. The van der Waals surface area contributed by atoms with E-state index in [0.29, 0.717) is 10.9 Å². The Morgan fingerprint density at radius 1 is 1.00 bits per heavy atom. The highest BCUT2D eigenvalue weighted by molar-refractivity contribution is 5.97. The number of nitrogens with one attached hydrogen (secondary N) is 1. The van der Waals surface area contributed by atoms with Gasteiger partial charge >= 0.3 is 6.18 Å². The van der Waals surface area contributed by atoms with E-state index in [2.05, 4.69) is 10.3 Å². The molecule has 1 N–H and O–H groups in total. The molecule has 2 aromatic carbocycles. The van der Waals surface area contributed by atoms with Crippen LogP contribution in [0.15, 0.2) is 83.9 Å². The van der Waals surface area contributed by atoms with E-state index >= 15 is 0 Å². The summed E-state index contributed by atoms with van der Waals surface area (Å²) in [4.78, 5) is 29.9. The Kier molecular flexibility index (Phi) is 5.29. The minimum atomic E-state index is -4.56. The second-order valence-electron chi connectivity index (χ2n) is 6.85. The lowest BCUT2D eigenvalue weighted by atomic mass is 10.1. The Morgan fingerprint density at radius 2 is 1.81 bits per heavy atom. The molecule has 4 rings (SSSR count). The number of carbonyl (C=O) groups is 1. The van der Waals surface area contributed by atoms with Crippen molar-refractivity contribution in [2.45, 2.75) is 12.7 Å². The van der Waals surface area contributed by atoms with Crippen LogP contribution in [0, 0.1) is 0 Å². The van der Waals surface area contributed by atoms with Crippen LogP contribution in [0.4, 0.5) is 13.2 Å². The predicted molar refractivity (Wildman–Crippen MR) is 110 cm³/mol. The highest BCUT2D eigenvalue weighted by Gasteiger charge is 2.30. The molecular formula is C23H16F3N3O2. The number of hydrogen-bond acceptors (Lipinski definition) is 3. The van der Waals surface area contributed by atoms with Gasteiger partial charge in [0.15, 0.2) is 0 Å². The SMILES string of the molecule is O=C(NCc1cccnc1)c1cc2ccccc2n(-c2cccc(C(F)(F)F)c2)c1=O. The number of fused-ring (bicyclic) bond motifs is 1. The van der Waals surface area contributed by atoms with Gasteiger partial charge < -0.3 is 5.32 Å². The molecule has 0 radical (unpaired) electrons. The quantitative estimate of drug-likeness (QED) is 0.531.